The largest absolute Gasteiger partial charge is 0.379 e. The average molecular weight is 388 g/mol. The van der Waals surface area contributed by atoms with Gasteiger partial charge in [0.05, 0.1) is 23.9 Å². The Hall–Kier alpha value is -1.27. The highest BCUT2D eigenvalue weighted by molar-refractivity contribution is 7.09. The summed E-state index contributed by atoms with van der Waals surface area (Å²) in [6.45, 7) is 11.4. The molecule has 0 bridgehead atoms. The first-order valence-electron chi connectivity index (χ1n) is 10.3. The van der Waals surface area contributed by atoms with Crippen LogP contribution in [0, 0.1) is 0 Å². The van der Waals surface area contributed by atoms with E-state index in [2.05, 4.69) is 59.4 Å². The summed E-state index contributed by atoms with van der Waals surface area (Å²) >= 11 is 1.82. The fourth-order valence-electron chi connectivity index (χ4n) is 3.53. The predicted octanol–water partition coefficient (Wildman–Crippen LogP) is 4.21. The third kappa shape index (κ3) is 6.68. The fraction of sp³-hybridized carbons (Fsp3) is 0.591. The van der Waals surface area contributed by atoms with Crippen LogP contribution in [0.25, 0.3) is 0 Å². The second-order valence-corrected chi connectivity index (χ2v) is 8.43. The minimum absolute atomic E-state index is 0.476. The number of thiazole rings is 1. The van der Waals surface area contributed by atoms with E-state index in [0.29, 0.717) is 6.04 Å². The van der Waals surface area contributed by atoms with Crippen LogP contribution in [0.1, 0.15) is 43.0 Å². The Morgan fingerprint density at radius 3 is 2.70 bits per heavy atom. The third-order valence-corrected chi connectivity index (χ3v) is 6.14. The van der Waals surface area contributed by atoms with Crippen LogP contribution in [0.5, 0.6) is 0 Å². The van der Waals surface area contributed by atoms with E-state index in [0.717, 1.165) is 52.4 Å². The number of aromatic nitrogens is 1. The highest BCUT2D eigenvalue weighted by Gasteiger charge is 2.20. The van der Waals surface area contributed by atoms with Crippen LogP contribution in [0.2, 0.25) is 0 Å². The SMILES string of the molecule is CCCCc1nc(CN(Cc2ccccc2)C(C)CN2CCOCC2)cs1. The lowest BCUT2D eigenvalue weighted by atomic mass is 10.1. The summed E-state index contributed by atoms with van der Waals surface area (Å²) in [6.07, 6.45) is 3.57. The van der Waals surface area contributed by atoms with E-state index in [1.165, 1.54) is 29.1 Å². The van der Waals surface area contributed by atoms with Crippen molar-refractivity contribution in [3.63, 3.8) is 0 Å². The van der Waals surface area contributed by atoms with Gasteiger partial charge < -0.3 is 4.74 Å². The summed E-state index contributed by atoms with van der Waals surface area (Å²) in [5.41, 5.74) is 2.59. The lowest BCUT2D eigenvalue weighted by Crippen LogP contribution is -2.45. The molecule has 1 saturated heterocycles. The second-order valence-electron chi connectivity index (χ2n) is 7.49. The first kappa shape index (κ1) is 20.5. The van der Waals surface area contributed by atoms with E-state index in [1.54, 1.807) is 0 Å². The molecule has 0 amide bonds. The Bertz CT molecular complexity index is 655. The number of rotatable bonds is 10. The zero-order valence-corrected chi connectivity index (χ0v) is 17.6. The molecule has 0 saturated carbocycles. The van der Waals surface area contributed by atoms with Crippen molar-refractivity contribution in [1.82, 2.24) is 14.8 Å². The van der Waals surface area contributed by atoms with Crippen LogP contribution in [-0.4, -0.2) is 53.7 Å². The molecule has 2 heterocycles. The highest BCUT2D eigenvalue weighted by Crippen LogP contribution is 2.18. The summed E-state index contributed by atoms with van der Waals surface area (Å²) in [5, 5.41) is 3.54. The van der Waals surface area contributed by atoms with Crippen molar-refractivity contribution in [2.75, 3.05) is 32.8 Å². The van der Waals surface area contributed by atoms with E-state index < -0.39 is 0 Å². The predicted molar refractivity (Wildman–Crippen MR) is 113 cm³/mol. The number of benzene rings is 1. The van der Waals surface area contributed by atoms with E-state index in [9.17, 15) is 0 Å². The molecule has 3 rings (SSSR count). The van der Waals surface area contributed by atoms with Gasteiger partial charge in [-0.05, 0) is 25.3 Å². The molecule has 27 heavy (non-hydrogen) atoms. The second kappa shape index (κ2) is 10.9. The number of hydrogen-bond acceptors (Lipinski definition) is 5. The van der Waals surface area contributed by atoms with E-state index in [1.807, 2.05) is 11.3 Å². The van der Waals surface area contributed by atoms with Crippen LogP contribution >= 0.6 is 11.3 Å². The lowest BCUT2D eigenvalue weighted by Gasteiger charge is -2.34. The van der Waals surface area contributed by atoms with Crippen molar-refractivity contribution >= 4 is 11.3 Å². The Morgan fingerprint density at radius 1 is 1.19 bits per heavy atom. The molecule has 0 spiro atoms. The smallest absolute Gasteiger partial charge is 0.0928 e. The molecule has 1 unspecified atom stereocenters. The molecule has 148 valence electrons. The lowest BCUT2D eigenvalue weighted by molar-refractivity contribution is 0.0224. The van der Waals surface area contributed by atoms with E-state index in [4.69, 9.17) is 9.72 Å². The molecule has 4 nitrogen and oxygen atoms in total. The molecule has 0 N–H and O–H groups in total. The Labute approximate surface area is 168 Å². The van der Waals surface area contributed by atoms with Gasteiger partial charge in [0.25, 0.3) is 0 Å². The third-order valence-electron chi connectivity index (χ3n) is 5.19. The molecule has 2 aromatic rings. The summed E-state index contributed by atoms with van der Waals surface area (Å²) in [4.78, 5) is 10.0. The first-order chi connectivity index (χ1) is 13.2. The molecular weight excluding hydrogens is 354 g/mol. The summed E-state index contributed by atoms with van der Waals surface area (Å²) in [5.74, 6) is 0. The van der Waals surface area contributed by atoms with Crippen molar-refractivity contribution in [1.29, 1.82) is 0 Å². The van der Waals surface area contributed by atoms with Gasteiger partial charge in [-0.25, -0.2) is 4.98 Å². The van der Waals surface area contributed by atoms with Crippen LogP contribution in [0.4, 0.5) is 0 Å². The van der Waals surface area contributed by atoms with Crippen LogP contribution in [-0.2, 0) is 24.2 Å². The Kier molecular flexibility index (Phi) is 8.27. The summed E-state index contributed by atoms with van der Waals surface area (Å²) in [7, 11) is 0. The molecular formula is C22H33N3OS. The zero-order valence-electron chi connectivity index (χ0n) is 16.8. The van der Waals surface area contributed by atoms with E-state index >= 15 is 0 Å². The minimum atomic E-state index is 0.476. The van der Waals surface area contributed by atoms with Gasteiger partial charge in [-0.15, -0.1) is 11.3 Å². The first-order valence-corrected chi connectivity index (χ1v) is 11.1. The molecule has 5 heteroatoms. The molecule has 1 aromatic heterocycles. The molecule has 1 aromatic carbocycles. The fourth-order valence-corrected chi connectivity index (χ4v) is 4.36. The van der Waals surface area contributed by atoms with Gasteiger partial charge in [-0.1, -0.05) is 43.7 Å². The van der Waals surface area contributed by atoms with Gasteiger partial charge in [-0.2, -0.15) is 0 Å². The molecule has 0 radical (unpaired) electrons. The van der Waals surface area contributed by atoms with Gasteiger partial charge in [0, 0.05) is 44.1 Å². The topological polar surface area (TPSA) is 28.6 Å². The number of ether oxygens (including phenoxy) is 1. The Morgan fingerprint density at radius 2 is 1.96 bits per heavy atom. The maximum atomic E-state index is 5.50. The van der Waals surface area contributed by atoms with Crippen LogP contribution in [0.3, 0.4) is 0 Å². The maximum absolute atomic E-state index is 5.50. The van der Waals surface area contributed by atoms with Crippen molar-refractivity contribution < 1.29 is 4.74 Å². The monoisotopic (exact) mass is 387 g/mol. The standard InChI is InChI=1S/C22H33N3OS/c1-3-4-10-22-23-21(18-27-22)17-25(16-20-8-6-5-7-9-20)19(2)15-24-11-13-26-14-12-24/h5-9,18-19H,3-4,10-17H2,1-2H3. The molecule has 1 fully saturated rings. The molecule has 1 aliphatic rings. The van der Waals surface area contributed by atoms with Gasteiger partial charge in [-0.3, -0.25) is 9.80 Å². The number of hydrogen-bond donors (Lipinski definition) is 0. The highest BCUT2D eigenvalue weighted by atomic mass is 32.1. The number of unbranched alkanes of at least 4 members (excludes halogenated alkanes) is 1. The Balaban J connectivity index is 1.65. The van der Waals surface area contributed by atoms with Crippen molar-refractivity contribution in [2.24, 2.45) is 0 Å². The summed E-state index contributed by atoms with van der Waals surface area (Å²) < 4.78 is 5.50. The number of aryl methyl sites for hydroxylation is 1. The van der Waals surface area contributed by atoms with Crippen LogP contribution < -0.4 is 0 Å². The van der Waals surface area contributed by atoms with Crippen molar-refractivity contribution in [2.45, 2.75) is 52.2 Å². The maximum Gasteiger partial charge on any atom is 0.0928 e. The molecule has 1 aliphatic heterocycles. The minimum Gasteiger partial charge on any atom is -0.379 e. The normalized spacial score (nSPS) is 16.7. The summed E-state index contributed by atoms with van der Waals surface area (Å²) in [6, 6.07) is 11.3. The average Bonchev–Trinajstić information content (AvgIpc) is 3.15. The number of morpholine rings is 1. The van der Waals surface area contributed by atoms with Gasteiger partial charge >= 0.3 is 0 Å². The van der Waals surface area contributed by atoms with Crippen molar-refractivity contribution in [3.05, 3.63) is 52.0 Å². The van der Waals surface area contributed by atoms with Gasteiger partial charge in [0.15, 0.2) is 0 Å². The van der Waals surface area contributed by atoms with Gasteiger partial charge in [0.2, 0.25) is 0 Å². The molecule has 1 atom stereocenters. The van der Waals surface area contributed by atoms with Gasteiger partial charge in [0.1, 0.15) is 0 Å². The van der Waals surface area contributed by atoms with E-state index in [-0.39, 0.29) is 0 Å². The van der Waals surface area contributed by atoms with Crippen LogP contribution in [0.15, 0.2) is 35.7 Å². The number of nitrogens with zero attached hydrogens (tertiary/aromatic N) is 3. The van der Waals surface area contributed by atoms with Crippen molar-refractivity contribution in [3.8, 4) is 0 Å². The molecule has 0 aliphatic carbocycles. The quantitative estimate of drug-likeness (QED) is 0.611. The zero-order chi connectivity index (χ0) is 18.9.